The molecule has 1 aliphatic heterocycles. The molecule has 0 spiro atoms. The Balaban J connectivity index is 1.35. The summed E-state index contributed by atoms with van der Waals surface area (Å²) in [7, 11) is 0. The van der Waals surface area contributed by atoms with Crippen molar-refractivity contribution in [1.29, 1.82) is 0 Å². The van der Waals surface area contributed by atoms with Crippen LogP contribution in [0, 0.1) is 10.1 Å². The molecule has 0 atom stereocenters. The maximum atomic E-state index is 12.5. The molecule has 32 heavy (non-hydrogen) atoms. The van der Waals surface area contributed by atoms with Gasteiger partial charge in [-0.1, -0.05) is 18.2 Å². The van der Waals surface area contributed by atoms with Gasteiger partial charge in [0.1, 0.15) is 18.9 Å². The summed E-state index contributed by atoms with van der Waals surface area (Å²) in [5.74, 6) is 1.06. The Hall–Kier alpha value is -4.40. The summed E-state index contributed by atoms with van der Waals surface area (Å²) in [4.78, 5) is 27.8. The maximum Gasteiger partial charge on any atom is 0.273 e. The molecule has 0 saturated carbocycles. The molecule has 160 valence electrons. The van der Waals surface area contributed by atoms with Crippen LogP contribution in [0.2, 0.25) is 0 Å². The molecule has 9 heteroatoms. The standard InChI is InChI=1S/C23H18N4O5/c28-23(12-16-3-1-2-4-19(16)27(29)30)24-17-6-8-22-25-18(14-26(22)13-17)15-5-7-20-21(11-15)32-10-9-31-20/h1-8,11,13-14H,9-10,12H2,(H,24,28). The highest BCUT2D eigenvalue weighted by molar-refractivity contribution is 5.92. The summed E-state index contributed by atoms with van der Waals surface area (Å²) in [6.45, 7) is 1.05. The average Bonchev–Trinajstić information content (AvgIpc) is 3.22. The van der Waals surface area contributed by atoms with E-state index in [0.29, 0.717) is 41.6 Å². The first-order valence-corrected chi connectivity index (χ1v) is 9.98. The van der Waals surface area contributed by atoms with Crippen molar-refractivity contribution in [3.63, 3.8) is 0 Å². The summed E-state index contributed by atoms with van der Waals surface area (Å²) in [5.41, 5.74) is 3.21. The van der Waals surface area contributed by atoms with Crippen LogP contribution < -0.4 is 14.8 Å². The molecule has 0 unspecified atom stereocenters. The highest BCUT2D eigenvalue weighted by atomic mass is 16.6. The second kappa shape index (κ2) is 8.03. The van der Waals surface area contributed by atoms with Crippen LogP contribution in [0.3, 0.4) is 0 Å². The monoisotopic (exact) mass is 430 g/mol. The van der Waals surface area contributed by atoms with Crippen LogP contribution in [0.15, 0.2) is 67.0 Å². The van der Waals surface area contributed by atoms with Gasteiger partial charge in [0.05, 0.1) is 22.7 Å². The molecule has 9 nitrogen and oxygen atoms in total. The van der Waals surface area contributed by atoms with E-state index in [-0.39, 0.29) is 18.0 Å². The third kappa shape index (κ3) is 3.83. The molecule has 0 saturated heterocycles. The van der Waals surface area contributed by atoms with Crippen molar-refractivity contribution in [1.82, 2.24) is 9.38 Å². The normalized spacial score (nSPS) is 12.5. The molecule has 0 fully saturated rings. The van der Waals surface area contributed by atoms with E-state index in [1.165, 1.54) is 6.07 Å². The predicted molar refractivity (Wildman–Crippen MR) is 117 cm³/mol. The Morgan fingerprint density at radius 1 is 1.06 bits per heavy atom. The van der Waals surface area contributed by atoms with E-state index in [9.17, 15) is 14.9 Å². The number of ether oxygens (including phenoxy) is 2. The van der Waals surface area contributed by atoms with Gasteiger partial charge in [-0.2, -0.15) is 0 Å². The summed E-state index contributed by atoms with van der Waals surface area (Å²) < 4.78 is 13.0. The lowest BCUT2D eigenvalue weighted by Crippen LogP contribution is -2.15. The van der Waals surface area contributed by atoms with Crippen LogP contribution in [0.25, 0.3) is 16.9 Å². The van der Waals surface area contributed by atoms with E-state index in [1.54, 1.807) is 36.5 Å². The van der Waals surface area contributed by atoms with Crippen molar-refractivity contribution < 1.29 is 19.2 Å². The van der Waals surface area contributed by atoms with E-state index < -0.39 is 4.92 Å². The number of nitrogens with one attached hydrogen (secondary N) is 1. The molecular weight excluding hydrogens is 412 g/mol. The number of imidazole rings is 1. The van der Waals surface area contributed by atoms with Gasteiger partial charge in [-0.3, -0.25) is 14.9 Å². The number of carbonyl (C=O) groups is 1. The summed E-state index contributed by atoms with van der Waals surface area (Å²) in [6, 6.07) is 15.4. The number of carbonyl (C=O) groups excluding carboxylic acids is 1. The molecule has 1 aliphatic rings. The number of para-hydroxylation sites is 1. The second-order valence-electron chi connectivity index (χ2n) is 7.28. The van der Waals surface area contributed by atoms with E-state index in [2.05, 4.69) is 10.3 Å². The van der Waals surface area contributed by atoms with Crippen molar-refractivity contribution in [2.75, 3.05) is 18.5 Å². The number of nitrogens with zero attached hydrogens (tertiary/aromatic N) is 3. The number of fused-ring (bicyclic) bond motifs is 2. The number of amides is 1. The van der Waals surface area contributed by atoms with E-state index in [0.717, 1.165) is 11.3 Å². The summed E-state index contributed by atoms with van der Waals surface area (Å²) in [6.07, 6.45) is 3.52. The fourth-order valence-corrected chi connectivity index (χ4v) is 3.62. The zero-order valence-corrected chi connectivity index (χ0v) is 16.9. The fraction of sp³-hybridized carbons (Fsp3) is 0.130. The number of nitro benzene ring substituents is 1. The van der Waals surface area contributed by atoms with Gasteiger partial charge in [0.25, 0.3) is 5.69 Å². The predicted octanol–water partition coefficient (Wildman–Crippen LogP) is 3.86. The molecule has 3 heterocycles. The lowest BCUT2D eigenvalue weighted by Gasteiger charge is -2.18. The molecule has 1 amide bonds. The number of rotatable bonds is 5. The quantitative estimate of drug-likeness (QED) is 0.380. The lowest BCUT2D eigenvalue weighted by atomic mass is 10.1. The number of nitro groups is 1. The molecule has 0 radical (unpaired) electrons. The van der Waals surface area contributed by atoms with Gasteiger partial charge >= 0.3 is 0 Å². The average molecular weight is 430 g/mol. The van der Waals surface area contributed by atoms with Crippen LogP contribution in [-0.4, -0.2) is 33.4 Å². The highest BCUT2D eigenvalue weighted by Gasteiger charge is 2.16. The van der Waals surface area contributed by atoms with Gasteiger partial charge in [0.15, 0.2) is 11.5 Å². The van der Waals surface area contributed by atoms with Crippen molar-refractivity contribution in [2.24, 2.45) is 0 Å². The summed E-state index contributed by atoms with van der Waals surface area (Å²) >= 11 is 0. The van der Waals surface area contributed by atoms with E-state index in [4.69, 9.17) is 9.47 Å². The molecule has 2 aromatic heterocycles. The lowest BCUT2D eigenvalue weighted by molar-refractivity contribution is -0.385. The Labute approximate surface area is 182 Å². The minimum atomic E-state index is -0.487. The van der Waals surface area contributed by atoms with Gasteiger partial charge in [-0.15, -0.1) is 0 Å². The number of pyridine rings is 1. The van der Waals surface area contributed by atoms with E-state index in [1.807, 2.05) is 28.8 Å². The van der Waals surface area contributed by atoms with Crippen LogP contribution in [0.4, 0.5) is 11.4 Å². The van der Waals surface area contributed by atoms with Gasteiger partial charge < -0.3 is 19.2 Å². The molecule has 0 bridgehead atoms. The Bertz CT molecular complexity index is 1350. The topological polar surface area (TPSA) is 108 Å². The molecule has 1 N–H and O–H groups in total. The zero-order valence-electron chi connectivity index (χ0n) is 16.9. The van der Waals surface area contributed by atoms with Crippen molar-refractivity contribution >= 4 is 22.9 Å². The van der Waals surface area contributed by atoms with Gasteiger partial charge in [-0.25, -0.2) is 4.98 Å². The first-order chi connectivity index (χ1) is 15.6. The second-order valence-corrected chi connectivity index (χ2v) is 7.28. The van der Waals surface area contributed by atoms with Crippen molar-refractivity contribution in [3.8, 4) is 22.8 Å². The number of hydrogen-bond acceptors (Lipinski definition) is 6. The van der Waals surface area contributed by atoms with Crippen molar-refractivity contribution in [2.45, 2.75) is 6.42 Å². The van der Waals surface area contributed by atoms with Crippen molar-refractivity contribution in [3.05, 3.63) is 82.7 Å². The minimum absolute atomic E-state index is 0.0724. The number of anilines is 1. The largest absolute Gasteiger partial charge is 0.486 e. The van der Waals surface area contributed by atoms with Gasteiger partial charge in [0, 0.05) is 29.6 Å². The summed E-state index contributed by atoms with van der Waals surface area (Å²) in [5, 5.41) is 13.9. The number of hydrogen-bond donors (Lipinski definition) is 1. The molecule has 0 aliphatic carbocycles. The SMILES string of the molecule is O=C(Cc1ccccc1[N+](=O)[O-])Nc1ccc2nc(-c3ccc4c(c3)OCCO4)cn2c1. The Morgan fingerprint density at radius 2 is 1.88 bits per heavy atom. The molecule has 2 aromatic carbocycles. The number of benzene rings is 2. The first-order valence-electron chi connectivity index (χ1n) is 9.98. The maximum absolute atomic E-state index is 12.5. The Kier molecular flexibility index (Phi) is 4.91. The minimum Gasteiger partial charge on any atom is -0.486 e. The molecule has 4 aromatic rings. The Morgan fingerprint density at radius 3 is 2.72 bits per heavy atom. The van der Waals surface area contributed by atoms with Crippen LogP contribution >= 0.6 is 0 Å². The van der Waals surface area contributed by atoms with Crippen LogP contribution in [0.1, 0.15) is 5.56 Å². The molecular formula is C23H18N4O5. The highest BCUT2D eigenvalue weighted by Crippen LogP contribution is 2.34. The third-order valence-corrected chi connectivity index (χ3v) is 5.11. The van der Waals surface area contributed by atoms with Gasteiger partial charge in [-0.05, 0) is 30.3 Å². The number of aromatic nitrogens is 2. The van der Waals surface area contributed by atoms with E-state index >= 15 is 0 Å². The van der Waals surface area contributed by atoms with Crippen LogP contribution in [-0.2, 0) is 11.2 Å². The fourth-order valence-electron chi connectivity index (χ4n) is 3.62. The smallest absolute Gasteiger partial charge is 0.273 e. The zero-order chi connectivity index (χ0) is 22.1. The van der Waals surface area contributed by atoms with Crippen LogP contribution in [0.5, 0.6) is 11.5 Å². The first kappa shape index (κ1) is 19.6. The van der Waals surface area contributed by atoms with Gasteiger partial charge in [0.2, 0.25) is 5.91 Å². The molecule has 5 rings (SSSR count). The third-order valence-electron chi connectivity index (χ3n) is 5.11.